The monoisotopic (exact) mass is 539 g/mol. The first kappa shape index (κ1) is 24.7. The normalized spacial score (nSPS) is 14.5. The fourth-order valence-corrected chi connectivity index (χ4v) is 5.06. The molecule has 6 nitrogen and oxygen atoms in total. The maximum absolute atomic E-state index is 13.6. The number of hydrogen-bond acceptors (Lipinski definition) is 4. The first-order valence-electron chi connectivity index (χ1n) is 12.4. The van der Waals surface area contributed by atoms with Gasteiger partial charge in [-0.2, -0.15) is 5.10 Å². The number of carbonyl (C=O) groups excluding carboxylic acids is 1. The smallest absolute Gasteiger partial charge is 0.273 e. The van der Waals surface area contributed by atoms with Gasteiger partial charge in [0.2, 0.25) is 0 Å². The summed E-state index contributed by atoms with van der Waals surface area (Å²) >= 11 is 6.24. The van der Waals surface area contributed by atoms with Crippen molar-refractivity contribution in [2.24, 2.45) is 0 Å². The van der Waals surface area contributed by atoms with E-state index in [1.165, 1.54) is 18.2 Å². The van der Waals surface area contributed by atoms with Crippen LogP contribution in [0.15, 0.2) is 97.1 Å². The number of hydrogen-bond donors (Lipinski definition) is 2. The number of phenolic OH excluding ortho intramolecular Hbond substituents is 1. The third-order valence-electron chi connectivity index (χ3n) is 6.79. The van der Waals surface area contributed by atoms with Crippen LogP contribution in [0, 0.1) is 5.82 Å². The number of fused-ring (bicyclic) bond motifs is 1. The topological polar surface area (TPSA) is 78.5 Å². The highest BCUT2D eigenvalue weighted by Crippen LogP contribution is 2.45. The van der Waals surface area contributed by atoms with E-state index >= 15 is 0 Å². The van der Waals surface area contributed by atoms with Crippen molar-refractivity contribution in [2.75, 3.05) is 0 Å². The van der Waals surface area contributed by atoms with E-state index in [2.05, 4.69) is 10.2 Å². The fraction of sp³-hybridized carbons (Fsp3) is 0.0968. The molecule has 0 fully saturated rings. The van der Waals surface area contributed by atoms with Gasteiger partial charge in [-0.05, 0) is 59.2 Å². The molecule has 6 rings (SSSR count). The van der Waals surface area contributed by atoms with Gasteiger partial charge in [-0.1, -0.05) is 66.2 Å². The van der Waals surface area contributed by atoms with E-state index in [1.54, 1.807) is 29.2 Å². The minimum Gasteiger partial charge on any atom is -0.507 e. The lowest BCUT2D eigenvalue weighted by Gasteiger charge is -2.27. The van der Waals surface area contributed by atoms with Crippen molar-refractivity contribution in [1.82, 2.24) is 15.1 Å². The Morgan fingerprint density at radius 1 is 0.949 bits per heavy atom. The van der Waals surface area contributed by atoms with Gasteiger partial charge in [0.25, 0.3) is 5.91 Å². The van der Waals surface area contributed by atoms with Gasteiger partial charge in [0, 0.05) is 22.7 Å². The number of nitrogens with zero attached hydrogens (tertiary/aromatic N) is 2. The summed E-state index contributed by atoms with van der Waals surface area (Å²) in [4.78, 5) is 15.4. The van der Waals surface area contributed by atoms with Crippen LogP contribution in [0.2, 0.25) is 5.02 Å². The molecule has 1 aliphatic heterocycles. The first-order chi connectivity index (χ1) is 19.0. The van der Waals surface area contributed by atoms with Gasteiger partial charge in [-0.25, -0.2) is 4.39 Å². The number of H-pyrrole nitrogens is 1. The zero-order valence-electron chi connectivity index (χ0n) is 20.6. The molecule has 0 saturated heterocycles. The maximum Gasteiger partial charge on any atom is 0.273 e. The SMILES string of the molecule is O=C1c2[nH]nc(-c3cc(Cl)ccc3O)c2C(c2ccc(OCc3ccccc3)cc2)N1Cc1ccc(F)cc1. The second kappa shape index (κ2) is 10.3. The van der Waals surface area contributed by atoms with E-state index < -0.39 is 6.04 Å². The largest absolute Gasteiger partial charge is 0.507 e. The van der Waals surface area contributed by atoms with Gasteiger partial charge < -0.3 is 14.7 Å². The molecule has 0 spiro atoms. The average molecular weight is 540 g/mol. The number of aromatic amines is 1. The van der Waals surface area contributed by atoms with E-state index in [-0.39, 0.29) is 24.0 Å². The summed E-state index contributed by atoms with van der Waals surface area (Å²) in [5.74, 6) is 0.102. The van der Waals surface area contributed by atoms with E-state index in [0.29, 0.717) is 39.9 Å². The molecule has 2 heterocycles. The van der Waals surface area contributed by atoms with Crippen LogP contribution in [0.25, 0.3) is 11.3 Å². The van der Waals surface area contributed by atoms with Crippen LogP contribution in [-0.2, 0) is 13.2 Å². The van der Waals surface area contributed by atoms with E-state index in [1.807, 2.05) is 54.6 Å². The highest BCUT2D eigenvalue weighted by atomic mass is 35.5. The minimum absolute atomic E-state index is 0.00143. The molecule has 1 amide bonds. The number of amides is 1. The lowest BCUT2D eigenvalue weighted by Crippen LogP contribution is -2.29. The Bertz CT molecular complexity index is 1640. The summed E-state index contributed by atoms with van der Waals surface area (Å²) in [6, 6.07) is 27.7. The van der Waals surface area contributed by atoms with Crippen LogP contribution in [-0.4, -0.2) is 26.1 Å². The van der Waals surface area contributed by atoms with Crippen molar-refractivity contribution in [3.05, 3.63) is 136 Å². The van der Waals surface area contributed by atoms with Crippen molar-refractivity contribution in [3.8, 4) is 22.8 Å². The molecule has 8 heteroatoms. The Kier molecular flexibility index (Phi) is 6.50. The Morgan fingerprint density at radius 2 is 1.69 bits per heavy atom. The van der Waals surface area contributed by atoms with Gasteiger partial charge in [-0.15, -0.1) is 0 Å². The molecule has 4 aromatic carbocycles. The highest BCUT2D eigenvalue weighted by Gasteiger charge is 2.42. The van der Waals surface area contributed by atoms with E-state index in [9.17, 15) is 14.3 Å². The predicted octanol–water partition coefficient (Wildman–Crippen LogP) is 6.90. The van der Waals surface area contributed by atoms with Crippen LogP contribution in [0.1, 0.15) is 38.8 Å². The molecule has 1 aliphatic rings. The molecule has 1 unspecified atom stereocenters. The zero-order valence-corrected chi connectivity index (χ0v) is 21.4. The Balaban J connectivity index is 1.38. The number of nitrogens with one attached hydrogen (secondary N) is 1. The van der Waals surface area contributed by atoms with Crippen LogP contribution in [0.5, 0.6) is 11.5 Å². The Morgan fingerprint density at radius 3 is 2.44 bits per heavy atom. The lowest BCUT2D eigenvalue weighted by atomic mass is 9.95. The predicted molar refractivity (Wildman–Crippen MR) is 146 cm³/mol. The summed E-state index contributed by atoms with van der Waals surface area (Å²) in [6.07, 6.45) is 0. The maximum atomic E-state index is 13.6. The highest BCUT2D eigenvalue weighted by molar-refractivity contribution is 6.31. The standard InChI is InChI=1S/C31H23ClFN3O3/c32-22-10-15-26(37)25(16-22)28-27-29(35-34-28)31(38)36(17-19-6-11-23(33)12-7-19)30(27)21-8-13-24(14-9-21)39-18-20-4-2-1-3-5-20/h1-16,30,37H,17-18H2,(H,34,35). The van der Waals surface area contributed by atoms with E-state index in [4.69, 9.17) is 16.3 Å². The molecule has 1 atom stereocenters. The van der Waals surface area contributed by atoms with Crippen LogP contribution < -0.4 is 4.74 Å². The molecule has 5 aromatic rings. The zero-order chi connectivity index (χ0) is 26.9. The molecule has 1 aromatic heterocycles. The third kappa shape index (κ3) is 4.84. The number of ether oxygens (including phenoxy) is 1. The number of halogens is 2. The van der Waals surface area contributed by atoms with Crippen LogP contribution >= 0.6 is 11.6 Å². The number of rotatable bonds is 7. The van der Waals surface area contributed by atoms with Crippen molar-refractivity contribution in [1.29, 1.82) is 0 Å². The third-order valence-corrected chi connectivity index (χ3v) is 7.02. The molecule has 0 radical (unpaired) electrons. The summed E-state index contributed by atoms with van der Waals surface area (Å²) in [5.41, 5.74) is 4.50. The fourth-order valence-electron chi connectivity index (χ4n) is 4.88. The van der Waals surface area contributed by atoms with Crippen LogP contribution in [0.3, 0.4) is 0 Å². The molecule has 0 aliphatic carbocycles. The minimum atomic E-state index is -0.521. The lowest BCUT2D eigenvalue weighted by molar-refractivity contribution is 0.0730. The molecule has 2 N–H and O–H groups in total. The summed E-state index contributed by atoms with van der Waals surface area (Å²) in [7, 11) is 0. The number of carbonyl (C=O) groups is 1. The van der Waals surface area contributed by atoms with Gasteiger partial charge in [0.05, 0.1) is 6.04 Å². The quantitative estimate of drug-likeness (QED) is 0.236. The number of aromatic hydroxyl groups is 1. The summed E-state index contributed by atoms with van der Waals surface area (Å²) < 4.78 is 19.5. The van der Waals surface area contributed by atoms with Crippen molar-refractivity contribution in [2.45, 2.75) is 19.2 Å². The molecule has 0 saturated carbocycles. The first-order valence-corrected chi connectivity index (χ1v) is 12.7. The molecule has 39 heavy (non-hydrogen) atoms. The molecule has 0 bridgehead atoms. The summed E-state index contributed by atoms with van der Waals surface area (Å²) in [6.45, 7) is 0.683. The second-order valence-electron chi connectivity index (χ2n) is 9.33. The van der Waals surface area contributed by atoms with Gasteiger partial charge in [0.15, 0.2) is 0 Å². The molecular formula is C31H23ClFN3O3. The van der Waals surface area contributed by atoms with Gasteiger partial charge in [0.1, 0.15) is 35.3 Å². The van der Waals surface area contributed by atoms with E-state index in [0.717, 1.165) is 16.7 Å². The number of benzene rings is 4. The summed E-state index contributed by atoms with van der Waals surface area (Å²) in [5, 5.41) is 18.3. The van der Waals surface area contributed by atoms with Gasteiger partial charge >= 0.3 is 0 Å². The Hall–Kier alpha value is -4.62. The molecule has 194 valence electrons. The number of phenols is 1. The average Bonchev–Trinajstić information content (AvgIpc) is 3.50. The van der Waals surface area contributed by atoms with Crippen molar-refractivity contribution >= 4 is 17.5 Å². The van der Waals surface area contributed by atoms with Gasteiger partial charge in [-0.3, -0.25) is 9.89 Å². The number of aromatic nitrogens is 2. The van der Waals surface area contributed by atoms with Crippen LogP contribution in [0.4, 0.5) is 4.39 Å². The van der Waals surface area contributed by atoms with Crippen molar-refractivity contribution < 1.29 is 19.0 Å². The molecular weight excluding hydrogens is 517 g/mol. The Labute approximate surface area is 229 Å². The van der Waals surface area contributed by atoms with Crippen molar-refractivity contribution in [3.63, 3.8) is 0 Å². The second-order valence-corrected chi connectivity index (χ2v) is 9.76.